The molecule has 3 aromatic heterocycles. The number of halogens is 1. The molecule has 6 rings (SSSR count). The highest BCUT2D eigenvalue weighted by Crippen LogP contribution is 2.26. The van der Waals surface area contributed by atoms with Gasteiger partial charge in [-0.25, -0.2) is 14.1 Å². The normalized spacial score (nSPS) is 15.3. The highest BCUT2D eigenvalue weighted by atomic mass is 19.1. The first-order chi connectivity index (χ1) is 19.5. The van der Waals surface area contributed by atoms with Gasteiger partial charge < -0.3 is 9.84 Å². The first kappa shape index (κ1) is 25.8. The average molecular weight is 541 g/mol. The fourth-order valence-corrected chi connectivity index (χ4v) is 5.06. The van der Waals surface area contributed by atoms with Gasteiger partial charge in [0, 0.05) is 43.7 Å². The predicted octanol–water partition coefficient (Wildman–Crippen LogP) is 3.72. The molecule has 0 radical (unpaired) electrons. The number of benzene rings is 2. The molecule has 2 aromatic carbocycles. The molecule has 1 fully saturated rings. The number of hydrogen-bond acceptors (Lipinski definition) is 7. The maximum atomic E-state index is 13.3. The second kappa shape index (κ2) is 11.0. The van der Waals surface area contributed by atoms with Gasteiger partial charge in [0.15, 0.2) is 5.65 Å². The molecule has 9 nitrogen and oxygen atoms in total. The van der Waals surface area contributed by atoms with Crippen molar-refractivity contribution < 1.29 is 14.2 Å². The first-order valence-electron chi connectivity index (χ1n) is 13.2. The summed E-state index contributed by atoms with van der Waals surface area (Å²) in [6.07, 6.45) is 7.50. The summed E-state index contributed by atoms with van der Waals surface area (Å²) in [5.41, 5.74) is 1.87. The van der Waals surface area contributed by atoms with E-state index in [4.69, 9.17) is 4.74 Å². The summed E-state index contributed by atoms with van der Waals surface area (Å²) in [7, 11) is 0. The van der Waals surface area contributed by atoms with Crippen molar-refractivity contribution >= 4 is 11.0 Å². The zero-order chi connectivity index (χ0) is 27.5. The van der Waals surface area contributed by atoms with E-state index in [1.165, 1.54) is 29.2 Å². The number of pyridine rings is 1. The predicted molar refractivity (Wildman–Crippen MR) is 148 cm³/mol. The van der Waals surface area contributed by atoms with Crippen LogP contribution in [0.3, 0.4) is 0 Å². The number of likely N-dealkylation sites (tertiary alicyclic amines) is 1. The third-order valence-corrected chi connectivity index (χ3v) is 7.32. The van der Waals surface area contributed by atoms with E-state index in [1.54, 1.807) is 29.2 Å². The smallest absolute Gasteiger partial charge is 0.264 e. The van der Waals surface area contributed by atoms with Gasteiger partial charge in [-0.1, -0.05) is 24.3 Å². The lowest BCUT2D eigenvalue weighted by atomic mass is 9.91. The monoisotopic (exact) mass is 540 g/mol. The molecule has 0 saturated carbocycles. The van der Waals surface area contributed by atoms with Gasteiger partial charge in [-0.05, 0) is 48.7 Å². The Morgan fingerprint density at radius 2 is 1.82 bits per heavy atom. The van der Waals surface area contributed by atoms with Crippen LogP contribution in [-0.4, -0.2) is 53.0 Å². The molecular formula is C30H29FN6O3. The molecule has 5 aromatic rings. The molecule has 1 aliphatic rings. The van der Waals surface area contributed by atoms with Crippen molar-refractivity contribution in [2.24, 2.45) is 0 Å². The second-order valence-electron chi connectivity index (χ2n) is 10.2. The highest BCUT2D eigenvalue weighted by molar-refractivity contribution is 5.75. The zero-order valence-electron chi connectivity index (χ0n) is 21.9. The topological polar surface area (TPSA) is 98.3 Å². The van der Waals surface area contributed by atoms with Gasteiger partial charge in [-0.2, -0.15) is 5.10 Å². The lowest BCUT2D eigenvalue weighted by Crippen LogP contribution is -2.47. The van der Waals surface area contributed by atoms with E-state index in [-0.39, 0.29) is 17.9 Å². The largest absolute Gasteiger partial charge is 0.489 e. The standard InChI is InChI=1S/C30H29FN6O3/c31-24-8-6-22(7-9-24)18-35-13-10-30(39,11-14-35)20-36-21-33-28-27(29(36)38)17-34-37(28)25-4-1-5-26(15-25)40-19-23-3-2-12-32-16-23/h1-9,12,15-17,21,39H,10-11,13-14,18-20H2. The van der Waals surface area contributed by atoms with Crippen LogP contribution in [0.25, 0.3) is 16.7 Å². The molecule has 0 amide bonds. The molecule has 0 unspecified atom stereocenters. The highest BCUT2D eigenvalue weighted by Gasteiger charge is 2.33. The van der Waals surface area contributed by atoms with E-state index < -0.39 is 5.60 Å². The number of piperidine rings is 1. The number of nitrogens with zero attached hydrogens (tertiary/aromatic N) is 6. The summed E-state index contributed by atoms with van der Waals surface area (Å²) < 4.78 is 22.2. The van der Waals surface area contributed by atoms with Gasteiger partial charge in [0.25, 0.3) is 5.56 Å². The minimum Gasteiger partial charge on any atom is -0.489 e. The van der Waals surface area contributed by atoms with Crippen LogP contribution in [0.5, 0.6) is 5.75 Å². The van der Waals surface area contributed by atoms with Gasteiger partial charge in [-0.15, -0.1) is 0 Å². The molecule has 204 valence electrons. The summed E-state index contributed by atoms with van der Waals surface area (Å²) in [6.45, 7) is 2.58. The Balaban J connectivity index is 1.14. The maximum Gasteiger partial charge on any atom is 0.264 e. The van der Waals surface area contributed by atoms with Crippen molar-refractivity contribution in [1.82, 2.24) is 29.2 Å². The fraction of sp³-hybridized carbons (Fsp3) is 0.267. The van der Waals surface area contributed by atoms with Crippen LogP contribution in [-0.2, 0) is 19.7 Å². The van der Waals surface area contributed by atoms with Crippen LogP contribution >= 0.6 is 0 Å². The van der Waals surface area contributed by atoms with Crippen LogP contribution in [0.15, 0.2) is 90.4 Å². The fourth-order valence-electron chi connectivity index (χ4n) is 5.06. The van der Waals surface area contributed by atoms with Crippen LogP contribution in [0, 0.1) is 5.82 Å². The van der Waals surface area contributed by atoms with Crippen LogP contribution in [0.4, 0.5) is 4.39 Å². The van der Waals surface area contributed by atoms with Crippen molar-refractivity contribution in [1.29, 1.82) is 0 Å². The summed E-state index contributed by atoms with van der Waals surface area (Å²) in [6, 6.07) is 17.7. The molecule has 10 heteroatoms. The Morgan fingerprint density at radius 1 is 1.00 bits per heavy atom. The number of rotatable bonds is 8. The van der Waals surface area contributed by atoms with E-state index in [2.05, 4.69) is 20.0 Å². The first-order valence-corrected chi connectivity index (χ1v) is 13.2. The molecule has 0 aliphatic carbocycles. The van der Waals surface area contributed by atoms with E-state index >= 15 is 0 Å². The maximum absolute atomic E-state index is 13.3. The molecule has 1 N–H and O–H groups in total. The Bertz CT molecular complexity index is 1660. The van der Waals surface area contributed by atoms with Gasteiger partial charge in [0.1, 0.15) is 29.9 Å². The molecule has 0 atom stereocenters. The number of ether oxygens (including phenoxy) is 1. The van der Waals surface area contributed by atoms with Gasteiger partial charge in [0.2, 0.25) is 0 Å². The number of hydrogen-bond donors (Lipinski definition) is 1. The second-order valence-corrected chi connectivity index (χ2v) is 10.2. The van der Waals surface area contributed by atoms with Crippen molar-refractivity contribution in [3.63, 3.8) is 0 Å². The van der Waals surface area contributed by atoms with Crippen molar-refractivity contribution in [3.05, 3.63) is 113 Å². The summed E-state index contributed by atoms with van der Waals surface area (Å²) in [5, 5.41) is 16.1. The lowest BCUT2D eigenvalue weighted by Gasteiger charge is -2.38. The molecular weight excluding hydrogens is 511 g/mol. The lowest BCUT2D eigenvalue weighted by molar-refractivity contribution is -0.0364. The van der Waals surface area contributed by atoms with Gasteiger partial charge >= 0.3 is 0 Å². The van der Waals surface area contributed by atoms with Gasteiger partial charge in [0.05, 0.1) is 24.0 Å². The van der Waals surface area contributed by atoms with E-state index in [0.29, 0.717) is 55.9 Å². The third-order valence-electron chi connectivity index (χ3n) is 7.32. The molecule has 0 spiro atoms. The van der Waals surface area contributed by atoms with Crippen molar-refractivity contribution in [2.45, 2.75) is 38.1 Å². The summed E-state index contributed by atoms with van der Waals surface area (Å²) in [5.74, 6) is 0.406. The van der Waals surface area contributed by atoms with Crippen LogP contribution in [0.1, 0.15) is 24.0 Å². The number of aromatic nitrogens is 5. The van der Waals surface area contributed by atoms with Crippen LogP contribution in [0.2, 0.25) is 0 Å². The summed E-state index contributed by atoms with van der Waals surface area (Å²) >= 11 is 0. The molecule has 4 heterocycles. The summed E-state index contributed by atoms with van der Waals surface area (Å²) in [4.78, 5) is 24.2. The van der Waals surface area contributed by atoms with Crippen LogP contribution < -0.4 is 10.3 Å². The zero-order valence-corrected chi connectivity index (χ0v) is 21.9. The number of aliphatic hydroxyl groups is 1. The quantitative estimate of drug-likeness (QED) is 0.320. The minimum atomic E-state index is -1.02. The Labute approximate surface area is 230 Å². The molecule has 1 aliphatic heterocycles. The molecule has 0 bridgehead atoms. The Morgan fingerprint density at radius 3 is 2.60 bits per heavy atom. The Kier molecular flexibility index (Phi) is 7.10. The molecule has 40 heavy (non-hydrogen) atoms. The van der Waals surface area contributed by atoms with Crippen molar-refractivity contribution in [2.75, 3.05) is 13.1 Å². The van der Waals surface area contributed by atoms with E-state index in [1.807, 2.05) is 36.4 Å². The third kappa shape index (κ3) is 5.63. The SMILES string of the molecule is O=c1c2cnn(-c3cccc(OCc4cccnc4)c3)c2ncn1CC1(O)CCN(Cc2ccc(F)cc2)CC1. The van der Waals surface area contributed by atoms with E-state index in [0.717, 1.165) is 16.8 Å². The van der Waals surface area contributed by atoms with Gasteiger partial charge in [-0.3, -0.25) is 19.2 Å². The Hall–Kier alpha value is -4.41. The van der Waals surface area contributed by atoms with E-state index in [9.17, 15) is 14.3 Å². The number of fused-ring (bicyclic) bond motifs is 1. The molecule has 1 saturated heterocycles. The van der Waals surface area contributed by atoms with Crippen molar-refractivity contribution in [3.8, 4) is 11.4 Å². The average Bonchev–Trinajstić information content (AvgIpc) is 3.42. The minimum absolute atomic E-state index is 0.155.